The summed E-state index contributed by atoms with van der Waals surface area (Å²) in [6.07, 6.45) is 2.79. The van der Waals surface area contributed by atoms with E-state index in [1.807, 2.05) is 23.1 Å². The molecule has 1 aliphatic heterocycles. The molecule has 1 unspecified atom stereocenters. The Labute approximate surface area is 95.2 Å². The predicted octanol–water partition coefficient (Wildman–Crippen LogP) is 1.04. The van der Waals surface area contributed by atoms with Crippen molar-refractivity contribution >= 4 is 5.91 Å². The fourth-order valence-electron chi connectivity index (χ4n) is 2.06. The number of nitrogens with zero attached hydrogens (tertiary/aromatic N) is 2. The van der Waals surface area contributed by atoms with Crippen molar-refractivity contribution in [3.05, 3.63) is 30.1 Å². The van der Waals surface area contributed by atoms with Gasteiger partial charge in [-0.15, -0.1) is 0 Å². The van der Waals surface area contributed by atoms with Crippen molar-refractivity contribution < 1.29 is 9.53 Å². The monoisotopic (exact) mass is 220 g/mol. The van der Waals surface area contributed by atoms with Gasteiger partial charge in [0.2, 0.25) is 5.91 Å². The highest BCUT2D eigenvalue weighted by Gasteiger charge is 2.27. The molecule has 1 amide bonds. The topological polar surface area (TPSA) is 42.4 Å². The largest absolute Gasteiger partial charge is 0.375 e. The van der Waals surface area contributed by atoms with Crippen LogP contribution in [0.3, 0.4) is 0 Å². The molecule has 1 saturated heterocycles. The van der Waals surface area contributed by atoms with Crippen LogP contribution < -0.4 is 0 Å². The van der Waals surface area contributed by atoms with Crippen molar-refractivity contribution in [1.82, 2.24) is 9.88 Å². The summed E-state index contributed by atoms with van der Waals surface area (Å²) in [7, 11) is 1.55. The number of aromatic nitrogens is 1. The minimum absolute atomic E-state index is 0.0703. The van der Waals surface area contributed by atoms with Crippen LogP contribution >= 0.6 is 0 Å². The van der Waals surface area contributed by atoms with Crippen LogP contribution in [0.1, 0.15) is 18.0 Å². The molecule has 1 aromatic rings. The quantitative estimate of drug-likeness (QED) is 0.764. The molecular formula is C12H16N2O2. The van der Waals surface area contributed by atoms with E-state index in [9.17, 15) is 4.79 Å². The molecular weight excluding hydrogens is 204 g/mol. The standard InChI is InChI=1S/C12H16N2O2/c1-16-9-12(15)14-7-5-10(8-14)11-4-2-3-6-13-11/h2-4,6,10H,5,7-9H2,1H3. The summed E-state index contributed by atoms with van der Waals surface area (Å²) in [6.45, 7) is 1.75. The highest BCUT2D eigenvalue weighted by atomic mass is 16.5. The zero-order valence-corrected chi connectivity index (χ0v) is 9.43. The highest BCUT2D eigenvalue weighted by molar-refractivity contribution is 5.77. The van der Waals surface area contributed by atoms with E-state index in [-0.39, 0.29) is 12.5 Å². The Bertz CT molecular complexity index is 353. The second-order valence-electron chi connectivity index (χ2n) is 4.01. The number of hydrogen-bond acceptors (Lipinski definition) is 3. The first-order valence-electron chi connectivity index (χ1n) is 5.49. The normalized spacial score (nSPS) is 20.1. The van der Waals surface area contributed by atoms with Crippen molar-refractivity contribution in [2.24, 2.45) is 0 Å². The third-order valence-electron chi connectivity index (χ3n) is 2.91. The molecule has 4 heteroatoms. The van der Waals surface area contributed by atoms with E-state index in [0.29, 0.717) is 5.92 Å². The van der Waals surface area contributed by atoms with Crippen LogP contribution in [-0.4, -0.2) is 42.6 Å². The van der Waals surface area contributed by atoms with Crippen molar-refractivity contribution in [1.29, 1.82) is 0 Å². The first kappa shape index (κ1) is 11.1. The third kappa shape index (κ3) is 2.39. The molecule has 0 aromatic carbocycles. The molecule has 4 nitrogen and oxygen atoms in total. The molecule has 1 fully saturated rings. The van der Waals surface area contributed by atoms with Gasteiger partial charge in [-0.25, -0.2) is 0 Å². The first-order valence-corrected chi connectivity index (χ1v) is 5.49. The van der Waals surface area contributed by atoms with Gasteiger partial charge in [-0.2, -0.15) is 0 Å². The van der Waals surface area contributed by atoms with Gasteiger partial charge in [-0.1, -0.05) is 6.07 Å². The van der Waals surface area contributed by atoms with Crippen LogP contribution in [-0.2, 0) is 9.53 Å². The molecule has 0 radical (unpaired) electrons. The number of likely N-dealkylation sites (tertiary alicyclic amines) is 1. The SMILES string of the molecule is COCC(=O)N1CCC(c2ccccn2)C1. The fourth-order valence-corrected chi connectivity index (χ4v) is 2.06. The van der Waals surface area contributed by atoms with E-state index in [4.69, 9.17) is 4.74 Å². The van der Waals surface area contributed by atoms with E-state index in [2.05, 4.69) is 4.98 Å². The molecule has 1 aromatic heterocycles. The minimum atomic E-state index is 0.0703. The van der Waals surface area contributed by atoms with Crippen molar-refractivity contribution in [2.45, 2.75) is 12.3 Å². The maximum atomic E-state index is 11.6. The molecule has 0 bridgehead atoms. The van der Waals surface area contributed by atoms with Gasteiger partial charge in [0.05, 0.1) is 0 Å². The molecule has 1 aliphatic rings. The molecule has 1 atom stereocenters. The number of ether oxygens (including phenoxy) is 1. The fraction of sp³-hybridized carbons (Fsp3) is 0.500. The first-order chi connectivity index (χ1) is 7.81. The van der Waals surface area contributed by atoms with Crippen LogP contribution in [0.25, 0.3) is 0 Å². The lowest BCUT2D eigenvalue weighted by molar-refractivity contribution is -0.134. The average Bonchev–Trinajstić information content (AvgIpc) is 2.80. The van der Waals surface area contributed by atoms with Crippen LogP contribution in [0.15, 0.2) is 24.4 Å². The number of rotatable bonds is 3. The molecule has 86 valence electrons. The lowest BCUT2D eigenvalue weighted by Gasteiger charge is -2.15. The Balaban J connectivity index is 1.96. The third-order valence-corrected chi connectivity index (χ3v) is 2.91. The van der Waals surface area contributed by atoms with E-state index in [0.717, 1.165) is 25.2 Å². The smallest absolute Gasteiger partial charge is 0.248 e. The Morgan fingerprint density at radius 2 is 2.50 bits per heavy atom. The molecule has 16 heavy (non-hydrogen) atoms. The molecule has 0 N–H and O–H groups in total. The number of amides is 1. The van der Waals surface area contributed by atoms with Crippen molar-refractivity contribution in [3.63, 3.8) is 0 Å². The average molecular weight is 220 g/mol. The molecule has 2 heterocycles. The number of hydrogen-bond donors (Lipinski definition) is 0. The summed E-state index contributed by atoms with van der Waals surface area (Å²) in [4.78, 5) is 17.8. The Morgan fingerprint density at radius 1 is 1.62 bits per heavy atom. The van der Waals surface area contributed by atoms with Gasteiger partial charge in [-0.05, 0) is 18.6 Å². The summed E-state index contributed by atoms with van der Waals surface area (Å²) in [6, 6.07) is 5.92. The summed E-state index contributed by atoms with van der Waals surface area (Å²) in [5, 5.41) is 0. The molecule has 0 aliphatic carbocycles. The van der Waals surface area contributed by atoms with Gasteiger partial charge in [-0.3, -0.25) is 9.78 Å². The van der Waals surface area contributed by atoms with Crippen molar-refractivity contribution in [3.8, 4) is 0 Å². The van der Waals surface area contributed by atoms with Gasteiger partial charge in [0, 0.05) is 38.0 Å². The Hall–Kier alpha value is -1.42. The minimum Gasteiger partial charge on any atom is -0.375 e. The zero-order chi connectivity index (χ0) is 11.4. The molecule has 0 spiro atoms. The van der Waals surface area contributed by atoms with Gasteiger partial charge >= 0.3 is 0 Å². The van der Waals surface area contributed by atoms with Crippen molar-refractivity contribution in [2.75, 3.05) is 26.8 Å². The highest BCUT2D eigenvalue weighted by Crippen LogP contribution is 2.25. The van der Waals surface area contributed by atoms with E-state index >= 15 is 0 Å². The zero-order valence-electron chi connectivity index (χ0n) is 9.43. The predicted molar refractivity (Wildman–Crippen MR) is 60.1 cm³/mol. The Morgan fingerprint density at radius 3 is 3.19 bits per heavy atom. The lowest BCUT2D eigenvalue weighted by atomic mass is 10.0. The number of pyridine rings is 1. The number of carbonyl (C=O) groups excluding carboxylic acids is 1. The molecule has 0 saturated carbocycles. The second-order valence-corrected chi connectivity index (χ2v) is 4.01. The maximum Gasteiger partial charge on any atom is 0.248 e. The molecule has 2 rings (SSSR count). The lowest BCUT2D eigenvalue weighted by Crippen LogP contribution is -2.31. The van der Waals surface area contributed by atoms with Gasteiger partial charge in [0.1, 0.15) is 6.61 Å². The van der Waals surface area contributed by atoms with Crippen LogP contribution in [0.5, 0.6) is 0 Å². The maximum absolute atomic E-state index is 11.6. The van der Waals surface area contributed by atoms with Gasteiger partial charge < -0.3 is 9.64 Å². The van der Waals surface area contributed by atoms with Crippen LogP contribution in [0.4, 0.5) is 0 Å². The van der Waals surface area contributed by atoms with Gasteiger partial charge in [0.15, 0.2) is 0 Å². The number of methoxy groups -OCH3 is 1. The summed E-state index contributed by atoms with van der Waals surface area (Å²) < 4.78 is 4.85. The van der Waals surface area contributed by atoms with Gasteiger partial charge in [0.25, 0.3) is 0 Å². The van der Waals surface area contributed by atoms with E-state index < -0.39 is 0 Å². The van der Waals surface area contributed by atoms with Crippen LogP contribution in [0.2, 0.25) is 0 Å². The van der Waals surface area contributed by atoms with E-state index in [1.165, 1.54) is 0 Å². The Kier molecular flexibility index (Phi) is 3.51. The van der Waals surface area contributed by atoms with E-state index in [1.54, 1.807) is 13.3 Å². The summed E-state index contributed by atoms with van der Waals surface area (Å²) in [5.74, 6) is 0.447. The summed E-state index contributed by atoms with van der Waals surface area (Å²) >= 11 is 0. The second kappa shape index (κ2) is 5.07. The number of carbonyl (C=O) groups is 1. The summed E-state index contributed by atoms with van der Waals surface area (Å²) in [5.41, 5.74) is 1.08. The van der Waals surface area contributed by atoms with Crippen LogP contribution in [0, 0.1) is 0 Å².